The van der Waals surface area contributed by atoms with E-state index in [9.17, 15) is 15.0 Å². The van der Waals surface area contributed by atoms with Crippen LogP contribution in [-0.2, 0) is 0 Å². The zero-order valence-corrected chi connectivity index (χ0v) is 33.0. The number of hydrogen-bond donors (Lipinski definition) is 3. The zero-order chi connectivity index (χ0) is 36.4. The Labute approximate surface area is 309 Å². The average Bonchev–Trinajstić information content (AvgIpc) is 3.56. The van der Waals surface area contributed by atoms with Crippen LogP contribution in [-0.4, -0.2) is 57.4 Å². The molecule has 5 aliphatic carbocycles. The Kier molecular flexibility index (Phi) is 8.50. The van der Waals surface area contributed by atoms with Crippen LogP contribution in [0.15, 0.2) is 42.5 Å². The number of carboxylic acids is 1. The monoisotopic (exact) mass is 697 g/mol. The van der Waals surface area contributed by atoms with Crippen molar-refractivity contribution in [2.45, 2.75) is 155 Å². The quantitative estimate of drug-likeness (QED) is 0.248. The van der Waals surface area contributed by atoms with E-state index in [1.807, 2.05) is 12.1 Å². The third kappa shape index (κ3) is 5.27. The summed E-state index contributed by atoms with van der Waals surface area (Å²) in [5.41, 5.74) is 5.03. The van der Waals surface area contributed by atoms with E-state index in [-0.39, 0.29) is 16.4 Å². The van der Waals surface area contributed by atoms with E-state index in [1.54, 1.807) is 12.1 Å². The van der Waals surface area contributed by atoms with Crippen molar-refractivity contribution in [1.29, 1.82) is 0 Å². The smallest absolute Gasteiger partial charge is 0.335 e. The van der Waals surface area contributed by atoms with Crippen LogP contribution < -0.4 is 5.32 Å². The lowest BCUT2D eigenvalue weighted by Gasteiger charge is -2.72. The third-order valence-corrected chi connectivity index (χ3v) is 18.1. The van der Waals surface area contributed by atoms with E-state index in [2.05, 4.69) is 71.3 Å². The second kappa shape index (κ2) is 12.0. The molecule has 3 N–H and O–H groups in total. The SMILES string of the molecule is C=C(C)[C@@H]1CC[C@]2(NCCN3C4CCC3CC(C)(O)C4)CC[C@]3(C)[C@H](CC[C@@H]4[C@@]5(C)CC=C(c6ccc(C(=O)O)cc6)C(C)(C)[C@@H]5CC[C@]43C)[C@@H]12. The fraction of sp³-hybridized carbons (Fsp3) is 0.761. The van der Waals surface area contributed by atoms with Crippen LogP contribution in [0.25, 0.3) is 5.57 Å². The maximum absolute atomic E-state index is 11.6. The molecule has 2 saturated heterocycles. The molecule has 5 heteroatoms. The van der Waals surface area contributed by atoms with Crippen LogP contribution in [0.2, 0.25) is 0 Å². The normalized spacial score (nSPS) is 47.1. The highest BCUT2D eigenvalue weighted by molar-refractivity contribution is 5.88. The predicted molar refractivity (Wildman–Crippen MR) is 207 cm³/mol. The predicted octanol–water partition coefficient (Wildman–Crippen LogP) is 9.76. The summed E-state index contributed by atoms with van der Waals surface area (Å²) in [4.78, 5) is 14.3. The van der Waals surface area contributed by atoms with E-state index in [4.69, 9.17) is 0 Å². The molecule has 2 unspecified atom stereocenters. The Bertz CT molecular complexity index is 1580. The van der Waals surface area contributed by atoms with Crippen LogP contribution in [0.3, 0.4) is 0 Å². The van der Waals surface area contributed by atoms with Crippen LogP contribution in [0.4, 0.5) is 0 Å². The van der Waals surface area contributed by atoms with Crippen molar-refractivity contribution in [3.8, 4) is 0 Å². The molecular formula is C46H68N2O3. The lowest BCUT2D eigenvalue weighted by atomic mass is 9.33. The Morgan fingerprint density at radius 1 is 0.863 bits per heavy atom. The molecular weight excluding hydrogens is 629 g/mol. The molecule has 7 aliphatic rings. The number of aromatic carboxylic acids is 1. The number of allylic oxidation sites excluding steroid dienone is 3. The minimum absolute atomic E-state index is 0.0304. The molecule has 8 rings (SSSR count). The molecule has 5 nitrogen and oxygen atoms in total. The molecule has 0 amide bonds. The molecule has 0 spiro atoms. The number of hydrogen-bond acceptors (Lipinski definition) is 4. The highest BCUT2D eigenvalue weighted by Crippen LogP contribution is 2.76. The first kappa shape index (κ1) is 36.0. The summed E-state index contributed by atoms with van der Waals surface area (Å²) in [6.45, 7) is 24.3. The molecule has 2 aliphatic heterocycles. The summed E-state index contributed by atoms with van der Waals surface area (Å²) in [6, 6.07) is 8.75. The van der Waals surface area contributed by atoms with Crippen molar-refractivity contribution in [1.82, 2.24) is 10.2 Å². The van der Waals surface area contributed by atoms with Crippen molar-refractivity contribution in [2.24, 2.45) is 51.2 Å². The summed E-state index contributed by atoms with van der Waals surface area (Å²) >= 11 is 0. The van der Waals surface area contributed by atoms with E-state index in [0.717, 1.165) is 38.3 Å². The lowest BCUT2D eigenvalue weighted by molar-refractivity contribution is -0.219. The van der Waals surface area contributed by atoms with Crippen molar-refractivity contribution in [3.63, 3.8) is 0 Å². The number of benzene rings is 1. The van der Waals surface area contributed by atoms with Gasteiger partial charge in [0.15, 0.2) is 0 Å². The second-order valence-electron chi connectivity index (χ2n) is 20.7. The molecule has 2 heterocycles. The summed E-state index contributed by atoms with van der Waals surface area (Å²) in [6.07, 6.45) is 18.5. The van der Waals surface area contributed by atoms with Crippen LogP contribution in [0, 0.1) is 51.2 Å². The molecule has 2 bridgehead atoms. The number of nitrogens with one attached hydrogen (secondary N) is 1. The van der Waals surface area contributed by atoms with Gasteiger partial charge in [0.2, 0.25) is 0 Å². The minimum Gasteiger partial charge on any atom is -0.478 e. The molecule has 1 aromatic carbocycles. The van der Waals surface area contributed by atoms with Crippen LogP contribution >= 0.6 is 0 Å². The van der Waals surface area contributed by atoms with Gasteiger partial charge in [-0.25, -0.2) is 4.79 Å². The number of nitrogens with zero attached hydrogens (tertiary/aromatic N) is 1. The first-order valence-corrected chi connectivity index (χ1v) is 20.9. The zero-order valence-electron chi connectivity index (χ0n) is 33.0. The molecule has 6 fully saturated rings. The Morgan fingerprint density at radius 3 is 2.20 bits per heavy atom. The standard InChI is InChI=1S/C46H68N2O3/c1-29(2)34-17-22-46(47-25-26-48-32-13-14-33(48)28-42(5,51)27-32)24-23-44(7)36(39(34)46)15-16-38-43(6)20-18-35(30-9-11-31(12-10-30)40(49)50)41(3,4)37(43)19-21-45(38,44)8/h9-12,18,32-34,36-39,47,51H,1,13-17,19-28H2,2-8H3,(H,49,50)/t32?,33?,34-,36+,37-,38+,39+,42?,43-,44+,45+,46-/m0/s1. The number of aliphatic hydroxyl groups is 1. The molecule has 0 aromatic heterocycles. The van der Waals surface area contributed by atoms with Crippen molar-refractivity contribution < 1.29 is 15.0 Å². The molecule has 11 atom stereocenters. The highest BCUT2D eigenvalue weighted by atomic mass is 16.4. The summed E-state index contributed by atoms with van der Waals surface area (Å²) < 4.78 is 0. The number of piperidine rings is 1. The van der Waals surface area contributed by atoms with Gasteiger partial charge in [0.05, 0.1) is 11.2 Å². The Balaban J connectivity index is 1.05. The van der Waals surface area contributed by atoms with E-state index in [1.165, 1.54) is 80.9 Å². The first-order valence-electron chi connectivity index (χ1n) is 20.9. The largest absolute Gasteiger partial charge is 0.478 e. The molecule has 280 valence electrons. The molecule has 1 aromatic rings. The van der Waals surface area contributed by atoms with Crippen LogP contribution in [0.5, 0.6) is 0 Å². The lowest BCUT2D eigenvalue weighted by Crippen LogP contribution is -2.68. The minimum atomic E-state index is -0.857. The van der Waals surface area contributed by atoms with Crippen LogP contribution in [0.1, 0.15) is 148 Å². The first-order chi connectivity index (χ1) is 24.0. The topological polar surface area (TPSA) is 72.8 Å². The number of carbonyl (C=O) groups is 1. The van der Waals surface area contributed by atoms with Crippen molar-refractivity contribution in [2.75, 3.05) is 13.1 Å². The average molecular weight is 697 g/mol. The van der Waals surface area contributed by atoms with Crippen molar-refractivity contribution >= 4 is 11.5 Å². The number of carboxylic acid groups (broad SMARTS) is 1. The number of fused-ring (bicyclic) bond motifs is 9. The van der Waals surface area contributed by atoms with Gasteiger partial charge in [0, 0.05) is 30.7 Å². The van der Waals surface area contributed by atoms with Crippen molar-refractivity contribution in [3.05, 3.63) is 53.6 Å². The summed E-state index contributed by atoms with van der Waals surface area (Å²) in [7, 11) is 0. The number of rotatable bonds is 7. The van der Waals surface area contributed by atoms with Gasteiger partial charge in [-0.15, -0.1) is 0 Å². The Hall–Kier alpha value is -1.95. The molecule has 4 saturated carbocycles. The second-order valence-corrected chi connectivity index (χ2v) is 20.7. The fourth-order valence-electron chi connectivity index (χ4n) is 15.7. The molecule has 51 heavy (non-hydrogen) atoms. The Morgan fingerprint density at radius 2 is 1.55 bits per heavy atom. The fourth-order valence-corrected chi connectivity index (χ4v) is 15.7. The van der Waals surface area contributed by atoms with Gasteiger partial charge in [-0.1, -0.05) is 65.0 Å². The maximum Gasteiger partial charge on any atom is 0.335 e. The van der Waals surface area contributed by atoms with E-state index in [0.29, 0.717) is 52.1 Å². The van der Waals surface area contributed by atoms with Gasteiger partial charge in [0.25, 0.3) is 0 Å². The van der Waals surface area contributed by atoms with Gasteiger partial charge in [0.1, 0.15) is 0 Å². The summed E-state index contributed by atoms with van der Waals surface area (Å²) in [5.74, 6) is 2.45. The van der Waals surface area contributed by atoms with Gasteiger partial charge < -0.3 is 15.5 Å². The summed E-state index contributed by atoms with van der Waals surface area (Å²) in [5, 5.41) is 24.7. The highest BCUT2D eigenvalue weighted by Gasteiger charge is 2.70. The van der Waals surface area contributed by atoms with Gasteiger partial charge in [-0.05, 0) is 172 Å². The molecule has 0 radical (unpaired) electrons. The third-order valence-electron chi connectivity index (χ3n) is 18.1. The van der Waals surface area contributed by atoms with Gasteiger partial charge >= 0.3 is 5.97 Å². The maximum atomic E-state index is 11.6. The van der Waals surface area contributed by atoms with Gasteiger partial charge in [-0.2, -0.15) is 0 Å². The van der Waals surface area contributed by atoms with Gasteiger partial charge in [-0.3, -0.25) is 4.90 Å². The van der Waals surface area contributed by atoms with E-state index < -0.39 is 11.6 Å². The van der Waals surface area contributed by atoms with E-state index >= 15 is 0 Å².